The van der Waals surface area contributed by atoms with Crippen LogP contribution in [0.3, 0.4) is 0 Å². The summed E-state index contributed by atoms with van der Waals surface area (Å²) in [6, 6.07) is 4.59. The van der Waals surface area contributed by atoms with Crippen LogP contribution in [0.15, 0.2) is 12.1 Å². The van der Waals surface area contributed by atoms with E-state index in [0.717, 1.165) is 31.2 Å². The number of carbonyl (C=O) groups excluding carboxylic acids is 1. The zero-order chi connectivity index (χ0) is 18.8. The quantitative estimate of drug-likeness (QED) is 0.627. The molecule has 0 aliphatic heterocycles. The maximum atomic E-state index is 12.6. The van der Waals surface area contributed by atoms with Crippen molar-refractivity contribution in [1.29, 1.82) is 0 Å². The number of rotatable bonds is 2. The SMILES string of the molecule is CC(=O)c1c([Si](C)(C)C)ccc2c1CC[C@H]1C(C)(C)[C@@H](O)CC[C@]21C. The maximum absolute atomic E-state index is 12.6. The van der Waals surface area contributed by atoms with Crippen LogP contribution in [0.2, 0.25) is 19.6 Å². The number of benzene rings is 1. The average Bonchev–Trinajstić information content (AvgIpc) is 2.49. The van der Waals surface area contributed by atoms with E-state index in [1.807, 2.05) is 0 Å². The van der Waals surface area contributed by atoms with E-state index in [2.05, 4.69) is 52.5 Å². The van der Waals surface area contributed by atoms with Gasteiger partial charge in [0.05, 0.1) is 14.2 Å². The van der Waals surface area contributed by atoms with Crippen molar-refractivity contribution in [1.82, 2.24) is 0 Å². The second kappa shape index (κ2) is 5.78. The number of aliphatic hydroxyl groups excluding tert-OH is 1. The van der Waals surface area contributed by atoms with Gasteiger partial charge < -0.3 is 5.11 Å². The van der Waals surface area contributed by atoms with Gasteiger partial charge in [0.1, 0.15) is 0 Å². The summed E-state index contributed by atoms with van der Waals surface area (Å²) in [4.78, 5) is 12.6. The first-order valence-corrected chi connectivity index (χ1v) is 13.3. The lowest BCUT2D eigenvalue weighted by molar-refractivity contribution is -0.0731. The Labute approximate surface area is 154 Å². The topological polar surface area (TPSA) is 37.3 Å². The van der Waals surface area contributed by atoms with Gasteiger partial charge in [-0.3, -0.25) is 4.79 Å². The summed E-state index contributed by atoms with van der Waals surface area (Å²) in [5.41, 5.74) is 3.73. The van der Waals surface area contributed by atoms with E-state index in [1.165, 1.54) is 16.3 Å². The fourth-order valence-electron chi connectivity index (χ4n) is 5.81. The van der Waals surface area contributed by atoms with E-state index in [1.54, 1.807) is 6.92 Å². The van der Waals surface area contributed by atoms with Crippen LogP contribution >= 0.6 is 0 Å². The molecular weight excluding hydrogens is 324 g/mol. The van der Waals surface area contributed by atoms with Gasteiger partial charge in [0.15, 0.2) is 5.78 Å². The van der Waals surface area contributed by atoms with Crippen molar-refractivity contribution in [2.75, 3.05) is 0 Å². The van der Waals surface area contributed by atoms with E-state index in [0.29, 0.717) is 5.92 Å². The van der Waals surface area contributed by atoms with Gasteiger partial charge in [0.25, 0.3) is 0 Å². The maximum Gasteiger partial charge on any atom is 0.159 e. The van der Waals surface area contributed by atoms with Gasteiger partial charge in [-0.1, -0.05) is 52.5 Å². The molecule has 1 N–H and O–H groups in total. The molecule has 0 aromatic heterocycles. The van der Waals surface area contributed by atoms with Crippen LogP contribution in [0.25, 0.3) is 0 Å². The molecule has 0 amide bonds. The summed E-state index contributed by atoms with van der Waals surface area (Å²) in [6.45, 7) is 15.6. The van der Waals surface area contributed by atoms with Gasteiger partial charge in [0.2, 0.25) is 0 Å². The fourth-order valence-corrected chi connectivity index (χ4v) is 7.47. The summed E-state index contributed by atoms with van der Waals surface area (Å²) >= 11 is 0. The minimum Gasteiger partial charge on any atom is -0.393 e. The number of carbonyl (C=O) groups is 1. The lowest BCUT2D eigenvalue weighted by Crippen LogP contribution is -2.54. The van der Waals surface area contributed by atoms with E-state index in [-0.39, 0.29) is 22.7 Å². The van der Waals surface area contributed by atoms with Crippen molar-refractivity contribution < 1.29 is 9.90 Å². The van der Waals surface area contributed by atoms with Crippen molar-refractivity contribution in [3.05, 3.63) is 28.8 Å². The first-order chi connectivity index (χ1) is 11.4. The summed E-state index contributed by atoms with van der Waals surface area (Å²) < 4.78 is 0. The molecule has 3 heteroatoms. The Kier molecular flexibility index (Phi) is 4.36. The molecule has 0 heterocycles. The molecule has 0 saturated heterocycles. The zero-order valence-electron chi connectivity index (χ0n) is 17.0. The number of Topliss-reactive ketones (excluding diaryl/α,β-unsaturated/α-hetero) is 1. The summed E-state index contributed by atoms with van der Waals surface area (Å²) in [7, 11) is -1.57. The highest BCUT2D eigenvalue weighted by molar-refractivity contribution is 6.89. The highest BCUT2D eigenvalue weighted by Gasteiger charge is 2.53. The smallest absolute Gasteiger partial charge is 0.159 e. The molecule has 2 aliphatic carbocycles. The van der Waals surface area contributed by atoms with Crippen molar-refractivity contribution in [2.24, 2.45) is 11.3 Å². The summed E-state index contributed by atoms with van der Waals surface area (Å²) in [6.07, 6.45) is 3.69. The minimum absolute atomic E-state index is 0.0679. The Morgan fingerprint density at radius 3 is 2.36 bits per heavy atom. The molecule has 2 nitrogen and oxygen atoms in total. The molecule has 0 spiro atoms. The fraction of sp³-hybridized carbons (Fsp3) is 0.682. The molecular formula is C22H34O2Si. The molecule has 0 bridgehead atoms. The van der Waals surface area contributed by atoms with Crippen LogP contribution in [0.5, 0.6) is 0 Å². The second-order valence-electron chi connectivity index (χ2n) is 10.2. The Morgan fingerprint density at radius 2 is 1.80 bits per heavy atom. The third-order valence-electron chi connectivity index (χ3n) is 7.23. The molecule has 0 radical (unpaired) electrons. The Balaban J connectivity index is 2.22. The molecule has 25 heavy (non-hydrogen) atoms. The summed E-state index contributed by atoms with van der Waals surface area (Å²) in [5.74, 6) is 0.695. The van der Waals surface area contributed by atoms with Gasteiger partial charge in [-0.15, -0.1) is 0 Å². The van der Waals surface area contributed by atoms with Crippen LogP contribution in [0, 0.1) is 11.3 Å². The number of hydrogen-bond donors (Lipinski definition) is 1. The molecule has 3 atom stereocenters. The van der Waals surface area contributed by atoms with Gasteiger partial charge in [0, 0.05) is 5.56 Å². The molecule has 1 saturated carbocycles. The molecule has 1 aromatic rings. The van der Waals surface area contributed by atoms with Crippen LogP contribution in [-0.4, -0.2) is 25.1 Å². The highest BCUT2D eigenvalue weighted by Crippen LogP contribution is 2.57. The first kappa shape index (κ1) is 18.8. The van der Waals surface area contributed by atoms with E-state index < -0.39 is 8.07 Å². The minimum atomic E-state index is -1.57. The van der Waals surface area contributed by atoms with Crippen LogP contribution in [0.1, 0.15) is 68.4 Å². The third-order valence-corrected chi connectivity index (χ3v) is 9.27. The Morgan fingerprint density at radius 1 is 1.16 bits per heavy atom. The van der Waals surface area contributed by atoms with Crippen molar-refractivity contribution in [3.63, 3.8) is 0 Å². The van der Waals surface area contributed by atoms with Gasteiger partial charge in [-0.05, 0) is 65.7 Å². The summed E-state index contributed by atoms with van der Waals surface area (Å²) in [5, 5.41) is 11.9. The largest absolute Gasteiger partial charge is 0.393 e. The lowest BCUT2D eigenvalue weighted by Gasteiger charge is -2.56. The predicted molar refractivity (Wildman–Crippen MR) is 108 cm³/mol. The molecule has 0 unspecified atom stereocenters. The molecule has 3 rings (SSSR count). The van der Waals surface area contributed by atoms with Gasteiger partial charge in [-0.25, -0.2) is 0 Å². The van der Waals surface area contributed by atoms with E-state index in [4.69, 9.17) is 0 Å². The normalized spacial score (nSPS) is 31.2. The number of hydrogen-bond acceptors (Lipinski definition) is 2. The van der Waals surface area contributed by atoms with Crippen LogP contribution in [-0.2, 0) is 11.8 Å². The number of aliphatic hydroxyl groups is 1. The van der Waals surface area contributed by atoms with E-state index >= 15 is 0 Å². The molecule has 2 aliphatic rings. The second-order valence-corrected chi connectivity index (χ2v) is 15.2. The number of ketones is 1. The van der Waals surface area contributed by atoms with Crippen molar-refractivity contribution in [3.8, 4) is 0 Å². The molecule has 138 valence electrons. The van der Waals surface area contributed by atoms with Gasteiger partial charge >= 0.3 is 0 Å². The van der Waals surface area contributed by atoms with Crippen molar-refractivity contribution >= 4 is 19.0 Å². The number of fused-ring (bicyclic) bond motifs is 3. The lowest BCUT2D eigenvalue weighted by atomic mass is 9.49. The predicted octanol–water partition coefficient (Wildman–Crippen LogP) is 4.44. The standard InChI is InChI=1S/C22H34O2Si/c1-14(23)20-15-8-11-18-21(2,3)19(24)12-13-22(18,4)16(15)9-10-17(20)25(5,6)7/h9-10,18-19,24H,8,11-13H2,1-7H3/t18-,19-,22+/m0/s1. The van der Waals surface area contributed by atoms with E-state index in [9.17, 15) is 9.90 Å². The van der Waals surface area contributed by atoms with Crippen LogP contribution in [0.4, 0.5) is 0 Å². The highest BCUT2D eigenvalue weighted by atomic mass is 28.3. The first-order valence-electron chi connectivity index (χ1n) is 9.76. The van der Waals surface area contributed by atoms with Crippen LogP contribution < -0.4 is 5.19 Å². The monoisotopic (exact) mass is 358 g/mol. The Bertz CT molecular complexity index is 713. The van der Waals surface area contributed by atoms with Gasteiger partial charge in [-0.2, -0.15) is 0 Å². The third kappa shape index (κ3) is 2.75. The zero-order valence-corrected chi connectivity index (χ0v) is 18.0. The average molecular weight is 359 g/mol. The molecule has 1 fully saturated rings. The Hall–Kier alpha value is -0.933. The van der Waals surface area contributed by atoms with Crippen molar-refractivity contribution in [2.45, 2.75) is 84.5 Å². The molecule has 1 aromatic carbocycles.